The first-order chi connectivity index (χ1) is 21.0. The maximum Gasteiger partial charge on any atom is 0.257 e. The van der Waals surface area contributed by atoms with E-state index in [1.807, 2.05) is 36.1 Å². The van der Waals surface area contributed by atoms with Crippen molar-refractivity contribution in [2.75, 3.05) is 38.1 Å². The Balaban J connectivity index is 1.21. The highest BCUT2D eigenvalue weighted by Gasteiger charge is 2.29. The number of amides is 2. The van der Waals surface area contributed by atoms with Crippen molar-refractivity contribution in [1.29, 1.82) is 0 Å². The zero-order valence-electron chi connectivity index (χ0n) is 24.2. The van der Waals surface area contributed by atoms with Gasteiger partial charge in [0.05, 0.1) is 23.9 Å². The molecule has 0 saturated carbocycles. The molecule has 220 valence electrons. The number of para-hydroxylation sites is 1. The maximum absolute atomic E-state index is 13.7. The molecule has 0 atom stereocenters. The molecule has 1 fully saturated rings. The van der Waals surface area contributed by atoms with Gasteiger partial charge in [0.15, 0.2) is 5.11 Å². The van der Waals surface area contributed by atoms with Gasteiger partial charge in [-0.15, -0.1) is 0 Å². The number of hydrogen-bond acceptors (Lipinski definition) is 5. The minimum absolute atomic E-state index is 0.0736. The number of ether oxygens (including phenoxy) is 1. The summed E-state index contributed by atoms with van der Waals surface area (Å²) in [6.07, 6.45) is 0.908. The molecule has 0 aliphatic carbocycles. The van der Waals surface area contributed by atoms with Gasteiger partial charge in [-0.05, 0) is 66.2 Å². The van der Waals surface area contributed by atoms with Crippen LogP contribution in [0.3, 0.4) is 0 Å². The summed E-state index contributed by atoms with van der Waals surface area (Å²) in [4.78, 5) is 30.8. The molecule has 0 bridgehead atoms. The molecular formula is C35H36N4O3S. The van der Waals surface area contributed by atoms with Crippen molar-refractivity contribution in [3.63, 3.8) is 0 Å². The lowest BCUT2D eigenvalue weighted by molar-refractivity contribution is 0.0598. The molecule has 4 aromatic carbocycles. The number of rotatable bonds is 9. The van der Waals surface area contributed by atoms with Crippen LogP contribution in [0.15, 0.2) is 109 Å². The fraction of sp³-hybridized carbons (Fsp3) is 0.229. The van der Waals surface area contributed by atoms with Gasteiger partial charge in [-0.3, -0.25) is 19.8 Å². The van der Waals surface area contributed by atoms with Crippen molar-refractivity contribution in [3.8, 4) is 5.75 Å². The van der Waals surface area contributed by atoms with Gasteiger partial charge in [-0.25, -0.2) is 0 Å². The van der Waals surface area contributed by atoms with Gasteiger partial charge in [-0.2, -0.15) is 0 Å². The van der Waals surface area contributed by atoms with Gasteiger partial charge < -0.3 is 15.0 Å². The number of piperazine rings is 1. The molecule has 7 nitrogen and oxygen atoms in total. The molecule has 0 spiro atoms. The number of anilines is 1. The molecule has 5 rings (SSSR count). The van der Waals surface area contributed by atoms with Crippen molar-refractivity contribution >= 4 is 34.8 Å². The van der Waals surface area contributed by atoms with Gasteiger partial charge in [0, 0.05) is 31.7 Å². The number of nitrogens with zero attached hydrogens (tertiary/aromatic N) is 2. The third-order valence-electron chi connectivity index (χ3n) is 7.42. The molecule has 43 heavy (non-hydrogen) atoms. The third kappa shape index (κ3) is 7.66. The van der Waals surface area contributed by atoms with Crippen molar-refractivity contribution in [1.82, 2.24) is 15.1 Å². The van der Waals surface area contributed by atoms with Crippen LogP contribution in [0, 0.1) is 0 Å². The molecule has 1 aliphatic rings. The number of thiocarbonyl (C=S) groups is 1. The number of carbonyl (C=O) groups excluding carboxylic acids is 2. The van der Waals surface area contributed by atoms with Crippen molar-refractivity contribution < 1.29 is 14.3 Å². The van der Waals surface area contributed by atoms with Crippen LogP contribution >= 0.6 is 12.2 Å². The normalized spacial score (nSPS) is 13.4. The Labute approximate surface area is 258 Å². The van der Waals surface area contributed by atoms with Crippen LogP contribution in [0.25, 0.3) is 0 Å². The fourth-order valence-corrected chi connectivity index (χ4v) is 5.47. The first kappa shape index (κ1) is 29.9. The number of benzene rings is 4. The number of carbonyl (C=O) groups is 2. The summed E-state index contributed by atoms with van der Waals surface area (Å²) in [6, 6.07) is 35.3. The Hall–Kier alpha value is -4.53. The maximum atomic E-state index is 13.7. The van der Waals surface area contributed by atoms with Crippen LogP contribution in [-0.4, -0.2) is 59.5 Å². The van der Waals surface area contributed by atoms with E-state index in [2.05, 4.69) is 64.1 Å². The molecule has 0 radical (unpaired) electrons. The summed E-state index contributed by atoms with van der Waals surface area (Å²) < 4.78 is 5.59. The second-order valence-electron chi connectivity index (χ2n) is 10.4. The van der Waals surface area contributed by atoms with E-state index in [0.717, 1.165) is 19.5 Å². The highest BCUT2D eigenvalue weighted by Crippen LogP contribution is 2.30. The van der Waals surface area contributed by atoms with E-state index in [1.54, 1.807) is 36.4 Å². The van der Waals surface area contributed by atoms with E-state index >= 15 is 0 Å². The SMILES string of the molecule is CCCOc1ccc(C(=O)NC(=S)Nc2ccccc2C(=O)N2CCN(C(c3ccccc3)c3ccccc3)CC2)cc1. The van der Waals surface area contributed by atoms with Crippen LogP contribution in [0.4, 0.5) is 5.69 Å². The molecule has 8 heteroatoms. The lowest BCUT2D eigenvalue weighted by Gasteiger charge is -2.40. The summed E-state index contributed by atoms with van der Waals surface area (Å²) in [7, 11) is 0. The van der Waals surface area contributed by atoms with Crippen LogP contribution in [0.2, 0.25) is 0 Å². The standard InChI is InChI=1S/C35H36N4O3S/c1-2-25-42-29-19-17-28(18-20-29)33(40)37-35(43)36-31-16-10-9-15-30(31)34(41)39-23-21-38(22-24-39)32(26-11-5-3-6-12-26)27-13-7-4-8-14-27/h3-20,32H,2,21-25H2,1H3,(H2,36,37,40,43). The average Bonchev–Trinajstić information content (AvgIpc) is 3.05. The van der Waals surface area contributed by atoms with Gasteiger partial charge in [-0.1, -0.05) is 79.7 Å². The molecule has 1 heterocycles. The topological polar surface area (TPSA) is 73.9 Å². The van der Waals surface area contributed by atoms with E-state index in [9.17, 15) is 9.59 Å². The van der Waals surface area contributed by atoms with Crippen molar-refractivity contribution in [2.45, 2.75) is 19.4 Å². The highest BCUT2D eigenvalue weighted by atomic mass is 32.1. The molecule has 0 aromatic heterocycles. The lowest BCUT2D eigenvalue weighted by Crippen LogP contribution is -2.50. The molecular weight excluding hydrogens is 556 g/mol. The second kappa shape index (κ2) is 14.6. The molecule has 2 N–H and O–H groups in total. The van der Waals surface area contributed by atoms with Crippen molar-refractivity contribution in [3.05, 3.63) is 131 Å². The van der Waals surface area contributed by atoms with Crippen LogP contribution in [0.1, 0.15) is 51.2 Å². The summed E-state index contributed by atoms with van der Waals surface area (Å²) in [5.74, 6) is 0.296. The second-order valence-corrected chi connectivity index (χ2v) is 10.8. The van der Waals surface area contributed by atoms with Crippen molar-refractivity contribution in [2.24, 2.45) is 0 Å². The van der Waals surface area contributed by atoms with E-state index in [0.29, 0.717) is 42.3 Å². The first-order valence-electron chi connectivity index (χ1n) is 14.6. The van der Waals surface area contributed by atoms with E-state index in [-0.39, 0.29) is 23.0 Å². The van der Waals surface area contributed by atoms with Gasteiger partial charge in [0.25, 0.3) is 11.8 Å². The van der Waals surface area contributed by atoms with Gasteiger partial charge in [0.2, 0.25) is 0 Å². The minimum Gasteiger partial charge on any atom is -0.494 e. The predicted octanol–water partition coefficient (Wildman–Crippen LogP) is 6.15. The average molecular weight is 593 g/mol. The number of hydrogen-bond donors (Lipinski definition) is 2. The van der Waals surface area contributed by atoms with E-state index in [1.165, 1.54) is 11.1 Å². The summed E-state index contributed by atoms with van der Waals surface area (Å²) in [5, 5.41) is 5.89. The summed E-state index contributed by atoms with van der Waals surface area (Å²) >= 11 is 5.44. The van der Waals surface area contributed by atoms with E-state index < -0.39 is 0 Å². The quantitative estimate of drug-likeness (QED) is 0.227. The zero-order chi connectivity index (χ0) is 30.0. The molecule has 1 saturated heterocycles. The summed E-state index contributed by atoms with van der Waals surface area (Å²) in [5.41, 5.74) is 3.99. The van der Waals surface area contributed by atoms with Crippen LogP contribution in [0.5, 0.6) is 5.75 Å². The monoisotopic (exact) mass is 592 g/mol. The Bertz CT molecular complexity index is 1480. The predicted molar refractivity (Wildman–Crippen MR) is 175 cm³/mol. The van der Waals surface area contributed by atoms with Crippen LogP contribution < -0.4 is 15.4 Å². The van der Waals surface area contributed by atoms with Gasteiger partial charge in [0.1, 0.15) is 5.75 Å². The molecule has 1 aliphatic heterocycles. The highest BCUT2D eigenvalue weighted by molar-refractivity contribution is 7.80. The fourth-order valence-electron chi connectivity index (χ4n) is 5.27. The van der Waals surface area contributed by atoms with Crippen LogP contribution in [-0.2, 0) is 0 Å². The lowest BCUT2D eigenvalue weighted by atomic mass is 9.96. The molecule has 2 amide bonds. The zero-order valence-corrected chi connectivity index (χ0v) is 25.1. The van der Waals surface area contributed by atoms with Gasteiger partial charge >= 0.3 is 0 Å². The largest absolute Gasteiger partial charge is 0.494 e. The Morgan fingerprint density at radius 1 is 0.791 bits per heavy atom. The Morgan fingerprint density at radius 3 is 1.98 bits per heavy atom. The molecule has 4 aromatic rings. The van der Waals surface area contributed by atoms with E-state index in [4.69, 9.17) is 17.0 Å². The first-order valence-corrected chi connectivity index (χ1v) is 15.0. The Kier molecular flexibility index (Phi) is 10.2. The minimum atomic E-state index is -0.342. The Morgan fingerprint density at radius 2 is 1.37 bits per heavy atom. The summed E-state index contributed by atoms with van der Waals surface area (Å²) in [6.45, 7) is 5.34. The molecule has 0 unspecified atom stereocenters. The number of nitrogens with one attached hydrogen (secondary N) is 2. The third-order valence-corrected chi connectivity index (χ3v) is 7.62. The smallest absolute Gasteiger partial charge is 0.257 e.